The van der Waals surface area contributed by atoms with Gasteiger partial charge in [-0.1, -0.05) is 50.2 Å². The zero-order valence-electron chi connectivity index (χ0n) is 22.2. The van der Waals surface area contributed by atoms with Crippen molar-refractivity contribution in [3.63, 3.8) is 0 Å². The molecule has 2 aliphatic rings. The molecule has 2 aromatic heterocycles. The van der Waals surface area contributed by atoms with Crippen LogP contribution in [-0.2, 0) is 10.3 Å². The maximum Gasteiger partial charge on any atom is 0.230 e. The van der Waals surface area contributed by atoms with Crippen LogP contribution >= 0.6 is 0 Å². The second-order valence-corrected chi connectivity index (χ2v) is 11.6. The van der Waals surface area contributed by atoms with Crippen LogP contribution < -0.4 is 0 Å². The molecule has 1 N–H and O–H groups in total. The number of aromatic nitrogens is 3. The minimum absolute atomic E-state index is 0.164. The molecular formula is C29H38N4O3. The molecule has 0 saturated carbocycles. The molecule has 7 heteroatoms. The molecule has 2 saturated heterocycles. The van der Waals surface area contributed by atoms with Crippen molar-refractivity contribution in [1.29, 1.82) is 0 Å². The minimum atomic E-state index is -1.21. The van der Waals surface area contributed by atoms with Gasteiger partial charge in [0, 0.05) is 47.9 Å². The van der Waals surface area contributed by atoms with Crippen molar-refractivity contribution in [2.45, 2.75) is 77.1 Å². The van der Waals surface area contributed by atoms with Crippen LogP contribution in [0.15, 0.2) is 47.2 Å². The Hall–Kier alpha value is -2.61. The first-order valence-electron chi connectivity index (χ1n) is 13.1. The van der Waals surface area contributed by atoms with Gasteiger partial charge in [0.15, 0.2) is 0 Å². The molecule has 0 aliphatic carbocycles. The van der Waals surface area contributed by atoms with Crippen molar-refractivity contribution < 1.29 is 14.4 Å². The van der Waals surface area contributed by atoms with E-state index in [4.69, 9.17) is 14.2 Å². The van der Waals surface area contributed by atoms with Gasteiger partial charge in [-0.15, -0.1) is 0 Å². The summed E-state index contributed by atoms with van der Waals surface area (Å²) in [5.41, 5.74) is 2.03. The van der Waals surface area contributed by atoms with Gasteiger partial charge in [0.25, 0.3) is 0 Å². The molecule has 1 unspecified atom stereocenters. The summed E-state index contributed by atoms with van der Waals surface area (Å²) in [6.45, 7) is 12.2. The van der Waals surface area contributed by atoms with Gasteiger partial charge in [-0.3, -0.25) is 4.98 Å². The van der Waals surface area contributed by atoms with Crippen molar-refractivity contribution in [2.75, 3.05) is 20.1 Å². The summed E-state index contributed by atoms with van der Waals surface area (Å²) in [5, 5.41) is 16.8. The van der Waals surface area contributed by atoms with Gasteiger partial charge in [-0.05, 0) is 56.8 Å². The quantitative estimate of drug-likeness (QED) is 0.514. The third-order valence-electron chi connectivity index (χ3n) is 8.01. The maximum absolute atomic E-state index is 12.5. The highest BCUT2D eigenvalue weighted by atomic mass is 16.5. The second-order valence-electron chi connectivity index (χ2n) is 11.6. The normalized spacial score (nSPS) is 25.9. The van der Waals surface area contributed by atoms with Gasteiger partial charge < -0.3 is 19.3 Å². The Morgan fingerprint density at radius 3 is 2.33 bits per heavy atom. The van der Waals surface area contributed by atoms with Gasteiger partial charge in [-0.2, -0.15) is 4.98 Å². The van der Waals surface area contributed by atoms with Crippen LogP contribution in [0.25, 0.3) is 11.4 Å². The monoisotopic (exact) mass is 490 g/mol. The Morgan fingerprint density at radius 2 is 1.72 bits per heavy atom. The summed E-state index contributed by atoms with van der Waals surface area (Å²) in [6, 6.07) is 10.3. The molecule has 4 atom stereocenters. The molecule has 0 radical (unpaired) electrons. The topological polar surface area (TPSA) is 84.5 Å². The van der Waals surface area contributed by atoms with E-state index in [9.17, 15) is 5.11 Å². The first kappa shape index (κ1) is 25.1. The van der Waals surface area contributed by atoms with E-state index in [1.165, 1.54) is 5.56 Å². The summed E-state index contributed by atoms with van der Waals surface area (Å²) >= 11 is 0. The molecule has 1 aromatic carbocycles. The van der Waals surface area contributed by atoms with Gasteiger partial charge in [0.1, 0.15) is 5.60 Å². The molecular weight excluding hydrogens is 452 g/mol. The number of likely N-dealkylation sites (tertiary alicyclic amines) is 1. The summed E-state index contributed by atoms with van der Waals surface area (Å²) in [5.74, 6) is 1.75. The van der Waals surface area contributed by atoms with Crippen molar-refractivity contribution >= 4 is 0 Å². The fourth-order valence-corrected chi connectivity index (χ4v) is 6.23. The zero-order valence-corrected chi connectivity index (χ0v) is 22.2. The summed E-state index contributed by atoms with van der Waals surface area (Å²) in [4.78, 5) is 11.5. The molecule has 3 aromatic rings. The molecule has 0 amide bonds. The second kappa shape index (κ2) is 9.36. The number of pyridine rings is 1. The average Bonchev–Trinajstić information content (AvgIpc) is 3.33. The molecule has 0 bridgehead atoms. The predicted octanol–water partition coefficient (Wildman–Crippen LogP) is 5.11. The lowest BCUT2D eigenvalue weighted by atomic mass is 9.62. The molecule has 4 heterocycles. The van der Waals surface area contributed by atoms with E-state index in [0.29, 0.717) is 17.6 Å². The summed E-state index contributed by atoms with van der Waals surface area (Å²) < 4.78 is 11.6. The fourth-order valence-electron chi connectivity index (χ4n) is 6.23. The van der Waals surface area contributed by atoms with Gasteiger partial charge in [-0.25, -0.2) is 0 Å². The smallest absolute Gasteiger partial charge is 0.230 e. The lowest BCUT2D eigenvalue weighted by molar-refractivity contribution is -0.127. The third kappa shape index (κ3) is 4.38. The van der Waals surface area contributed by atoms with E-state index in [1.54, 1.807) is 12.4 Å². The standard InChI is InChI=1S/C29H38N4O3/c1-18(2)21-7-9-24(10-8-21)29(34,28(5)16-33(6)17-28)25-13-23(14-30-15-25)26-31-27(36-32-26)22-11-19(3)35-20(4)12-22/h7-10,13-15,18-20,22,34H,11-12,16-17H2,1-6H3/t19-,20+,22?,29-/m0/s1. The van der Waals surface area contributed by atoms with Gasteiger partial charge >= 0.3 is 0 Å². The molecule has 36 heavy (non-hydrogen) atoms. The van der Waals surface area contributed by atoms with E-state index in [1.807, 2.05) is 6.07 Å². The first-order chi connectivity index (χ1) is 17.1. The van der Waals surface area contributed by atoms with Crippen LogP contribution in [0, 0.1) is 5.41 Å². The molecule has 2 aliphatic heterocycles. The molecule has 192 valence electrons. The number of hydrogen-bond donors (Lipinski definition) is 1. The Kier molecular flexibility index (Phi) is 6.52. The number of aliphatic hydroxyl groups is 1. The third-order valence-corrected chi connectivity index (χ3v) is 8.01. The van der Waals surface area contributed by atoms with E-state index < -0.39 is 5.60 Å². The molecule has 5 rings (SSSR count). The first-order valence-corrected chi connectivity index (χ1v) is 13.1. The largest absolute Gasteiger partial charge is 0.380 e. The van der Waals surface area contributed by atoms with Crippen molar-refractivity contribution in [1.82, 2.24) is 20.0 Å². The highest BCUT2D eigenvalue weighted by molar-refractivity contribution is 5.56. The SMILES string of the molecule is CC(C)c1ccc([C@](O)(c2cncc(-c3noc(C4C[C@@H](C)O[C@@H](C)C4)n3)c2)C2(C)CN(C)C2)cc1. The fraction of sp³-hybridized carbons (Fsp3) is 0.552. The Morgan fingerprint density at radius 1 is 1.06 bits per heavy atom. The highest BCUT2D eigenvalue weighted by Gasteiger charge is 2.55. The number of hydrogen-bond acceptors (Lipinski definition) is 7. The molecule has 0 spiro atoms. The Bertz CT molecular complexity index is 1190. The number of ether oxygens (including phenoxy) is 1. The Balaban J connectivity index is 1.51. The predicted molar refractivity (Wildman–Crippen MR) is 139 cm³/mol. The number of benzene rings is 1. The minimum Gasteiger partial charge on any atom is -0.380 e. The van der Waals surface area contributed by atoms with Crippen LogP contribution in [0.4, 0.5) is 0 Å². The van der Waals surface area contributed by atoms with E-state index in [-0.39, 0.29) is 23.5 Å². The van der Waals surface area contributed by atoms with Crippen molar-refractivity contribution in [3.8, 4) is 11.4 Å². The van der Waals surface area contributed by atoms with Crippen LogP contribution in [0.1, 0.15) is 81.9 Å². The molecule has 7 nitrogen and oxygen atoms in total. The average molecular weight is 491 g/mol. The van der Waals surface area contributed by atoms with Crippen LogP contribution in [0.5, 0.6) is 0 Å². The van der Waals surface area contributed by atoms with E-state index in [2.05, 4.69) is 81.0 Å². The van der Waals surface area contributed by atoms with Gasteiger partial charge in [0.05, 0.1) is 12.2 Å². The molecule has 2 fully saturated rings. The Labute approximate surface area is 213 Å². The van der Waals surface area contributed by atoms with E-state index in [0.717, 1.165) is 42.6 Å². The van der Waals surface area contributed by atoms with Crippen LogP contribution in [0.3, 0.4) is 0 Å². The summed E-state index contributed by atoms with van der Waals surface area (Å²) in [7, 11) is 2.08. The number of nitrogens with zero attached hydrogens (tertiary/aromatic N) is 4. The lowest BCUT2D eigenvalue weighted by Gasteiger charge is -2.55. The van der Waals surface area contributed by atoms with Crippen molar-refractivity contribution in [2.24, 2.45) is 5.41 Å². The van der Waals surface area contributed by atoms with E-state index >= 15 is 0 Å². The summed E-state index contributed by atoms with van der Waals surface area (Å²) in [6.07, 6.45) is 5.57. The van der Waals surface area contributed by atoms with Crippen LogP contribution in [-0.4, -0.2) is 57.5 Å². The lowest BCUT2D eigenvalue weighted by Crippen LogP contribution is -2.63. The van der Waals surface area contributed by atoms with Crippen molar-refractivity contribution in [3.05, 3.63) is 65.3 Å². The maximum atomic E-state index is 12.5. The zero-order chi connectivity index (χ0) is 25.7. The number of rotatable bonds is 6. The van der Waals surface area contributed by atoms with Crippen LogP contribution in [0.2, 0.25) is 0 Å². The highest BCUT2D eigenvalue weighted by Crippen LogP contribution is 2.50. The van der Waals surface area contributed by atoms with Gasteiger partial charge in [0.2, 0.25) is 11.7 Å².